The van der Waals surface area contributed by atoms with Gasteiger partial charge in [-0.2, -0.15) is 0 Å². The maximum Gasteiger partial charge on any atom is 0.137 e. The summed E-state index contributed by atoms with van der Waals surface area (Å²) in [5.74, 6) is 0. The summed E-state index contributed by atoms with van der Waals surface area (Å²) >= 11 is 3.45. The van der Waals surface area contributed by atoms with Crippen molar-refractivity contribution in [2.75, 3.05) is 0 Å². The highest BCUT2D eigenvalue weighted by Crippen LogP contribution is 2.29. The summed E-state index contributed by atoms with van der Waals surface area (Å²) in [7, 11) is 0. The highest BCUT2D eigenvalue weighted by Gasteiger charge is 2.09. The molecule has 0 atom stereocenters. The average molecular weight is 287 g/mol. The van der Waals surface area contributed by atoms with Crippen LogP contribution in [0.3, 0.4) is 0 Å². The molecule has 0 aliphatic carbocycles. The van der Waals surface area contributed by atoms with Crippen molar-refractivity contribution >= 4 is 27.0 Å². The molecule has 0 unspecified atom stereocenters. The molecule has 1 aromatic carbocycles. The van der Waals surface area contributed by atoms with Crippen molar-refractivity contribution in [3.8, 4) is 11.3 Å². The van der Waals surface area contributed by atoms with Crippen molar-refractivity contribution in [2.45, 2.75) is 6.92 Å². The molecule has 0 spiro atoms. The van der Waals surface area contributed by atoms with Crippen molar-refractivity contribution in [1.82, 2.24) is 9.97 Å². The van der Waals surface area contributed by atoms with Gasteiger partial charge in [0.15, 0.2) is 0 Å². The number of rotatable bonds is 1. The van der Waals surface area contributed by atoms with E-state index in [0.29, 0.717) is 0 Å². The molecule has 84 valence electrons. The number of nitrogens with zero attached hydrogens (tertiary/aromatic N) is 1. The van der Waals surface area contributed by atoms with Gasteiger partial charge in [0.1, 0.15) is 5.65 Å². The average Bonchev–Trinajstić information content (AvgIpc) is 2.69. The largest absolute Gasteiger partial charge is 0.339 e. The summed E-state index contributed by atoms with van der Waals surface area (Å²) < 4.78 is 1.09. The van der Waals surface area contributed by atoms with Crippen LogP contribution in [0.4, 0.5) is 0 Å². The third-order valence-electron chi connectivity index (χ3n) is 2.96. The third kappa shape index (κ3) is 1.76. The molecule has 0 bridgehead atoms. The van der Waals surface area contributed by atoms with Gasteiger partial charge in [-0.05, 0) is 42.3 Å². The van der Waals surface area contributed by atoms with E-state index in [1.807, 2.05) is 24.4 Å². The van der Waals surface area contributed by atoms with Crippen LogP contribution >= 0.6 is 15.9 Å². The highest BCUT2D eigenvalue weighted by molar-refractivity contribution is 9.10. The number of halogens is 1. The molecular formula is C14H11BrN2. The van der Waals surface area contributed by atoms with E-state index < -0.39 is 0 Å². The number of hydrogen-bond donors (Lipinski definition) is 1. The summed E-state index contributed by atoms with van der Waals surface area (Å²) in [6, 6.07) is 12.4. The molecule has 0 radical (unpaired) electrons. The fraction of sp³-hybridized carbons (Fsp3) is 0.0714. The molecule has 1 N–H and O–H groups in total. The predicted molar refractivity (Wildman–Crippen MR) is 74.0 cm³/mol. The van der Waals surface area contributed by atoms with Crippen LogP contribution in [-0.2, 0) is 0 Å². The Hall–Kier alpha value is -1.61. The van der Waals surface area contributed by atoms with Crippen molar-refractivity contribution in [3.05, 3.63) is 52.6 Å². The van der Waals surface area contributed by atoms with E-state index in [1.54, 1.807) is 0 Å². The molecule has 0 saturated carbocycles. The van der Waals surface area contributed by atoms with E-state index in [-0.39, 0.29) is 0 Å². The molecule has 0 aliphatic heterocycles. The molecule has 0 fully saturated rings. The molecule has 2 heterocycles. The Balaban J connectivity index is 2.24. The normalized spacial score (nSPS) is 10.9. The van der Waals surface area contributed by atoms with Crippen molar-refractivity contribution in [1.29, 1.82) is 0 Å². The Kier molecular flexibility index (Phi) is 2.48. The zero-order valence-corrected chi connectivity index (χ0v) is 11.0. The van der Waals surface area contributed by atoms with E-state index in [1.165, 1.54) is 16.5 Å². The number of aryl methyl sites for hydroxylation is 1. The van der Waals surface area contributed by atoms with Crippen LogP contribution in [0.15, 0.2) is 47.1 Å². The zero-order chi connectivity index (χ0) is 11.8. The van der Waals surface area contributed by atoms with Gasteiger partial charge < -0.3 is 4.98 Å². The van der Waals surface area contributed by atoms with E-state index in [0.717, 1.165) is 15.8 Å². The predicted octanol–water partition coefficient (Wildman–Crippen LogP) is 4.30. The Morgan fingerprint density at radius 3 is 2.59 bits per heavy atom. The van der Waals surface area contributed by atoms with Crippen LogP contribution in [0.1, 0.15) is 5.56 Å². The fourth-order valence-electron chi connectivity index (χ4n) is 2.06. The van der Waals surface area contributed by atoms with Gasteiger partial charge in [-0.1, -0.05) is 28.1 Å². The highest BCUT2D eigenvalue weighted by atomic mass is 79.9. The zero-order valence-electron chi connectivity index (χ0n) is 9.37. The lowest BCUT2D eigenvalue weighted by Gasteiger charge is -2.00. The number of aromatic amines is 1. The fourth-order valence-corrected chi connectivity index (χ4v) is 2.32. The van der Waals surface area contributed by atoms with Gasteiger partial charge in [-0.15, -0.1) is 0 Å². The number of fused-ring (bicyclic) bond motifs is 1. The molecule has 17 heavy (non-hydrogen) atoms. The molecular weight excluding hydrogens is 276 g/mol. The van der Waals surface area contributed by atoms with Crippen LogP contribution < -0.4 is 0 Å². The van der Waals surface area contributed by atoms with Gasteiger partial charge in [0.2, 0.25) is 0 Å². The molecule has 3 aromatic rings. The third-order valence-corrected chi connectivity index (χ3v) is 3.49. The smallest absolute Gasteiger partial charge is 0.137 e. The lowest BCUT2D eigenvalue weighted by molar-refractivity contribution is 1.32. The first kappa shape index (κ1) is 10.5. The lowest BCUT2D eigenvalue weighted by atomic mass is 10.1. The maximum absolute atomic E-state index is 4.34. The van der Waals surface area contributed by atoms with E-state index in [2.05, 4.69) is 51.0 Å². The summed E-state index contributed by atoms with van der Waals surface area (Å²) in [5.41, 5.74) is 4.52. The minimum atomic E-state index is 0.947. The van der Waals surface area contributed by atoms with E-state index >= 15 is 0 Å². The van der Waals surface area contributed by atoms with Crippen LogP contribution in [0.5, 0.6) is 0 Å². The summed E-state index contributed by atoms with van der Waals surface area (Å²) in [6.07, 6.45) is 1.81. The standard InChI is InChI=1S/C14H11BrN2/c1-9-12-3-2-8-16-14(12)17-13(9)10-4-6-11(15)7-5-10/h2-8H,1H3,(H,16,17). The molecule has 3 heteroatoms. The second kappa shape index (κ2) is 4.00. The van der Waals surface area contributed by atoms with Crippen LogP contribution in [0.25, 0.3) is 22.3 Å². The van der Waals surface area contributed by atoms with E-state index in [9.17, 15) is 0 Å². The monoisotopic (exact) mass is 286 g/mol. The van der Waals surface area contributed by atoms with Crippen LogP contribution in [-0.4, -0.2) is 9.97 Å². The Labute approximate surface area is 108 Å². The first-order valence-corrected chi connectivity index (χ1v) is 6.24. The molecule has 2 aromatic heterocycles. The van der Waals surface area contributed by atoms with Gasteiger partial charge >= 0.3 is 0 Å². The molecule has 2 nitrogen and oxygen atoms in total. The second-order valence-electron chi connectivity index (χ2n) is 4.03. The summed E-state index contributed by atoms with van der Waals surface area (Å²) in [6.45, 7) is 2.12. The van der Waals surface area contributed by atoms with Crippen molar-refractivity contribution < 1.29 is 0 Å². The van der Waals surface area contributed by atoms with Gasteiger partial charge in [0, 0.05) is 16.1 Å². The summed E-state index contributed by atoms with van der Waals surface area (Å²) in [5, 5.41) is 1.19. The Morgan fingerprint density at radius 2 is 1.88 bits per heavy atom. The first-order chi connectivity index (χ1) is 8.25. The Bertz CT molecular complexity index is 668. The SMILES string of the molecule is Cc1c(-c2ccc(Br)cc2)[nH]c2ncccc12. The first-order valence-electron chi connectivity index (χ1n) is 5.45. The minimum absolute atomic E-state index is 0.947. The minimum Gasteiger partial charge on any atom is -0.339 e. The number of H-pyrrole nitrogens is 1. The number of pyridine rings is 1. The van der Waals surface area contributed by atoms with E-state index in [4.69, 9.17) is 0 Å². The van der Waals surface area contributed by atoms with Crippen molar-refractivity contribution in [3.63, 3.8) is 0 Å². The molecule has 0 amide bonds. The molecule has 0 aliphatic rings. The molecule has 0 saturated heterocycles. The van der Waals surface area contributed by atoms with Gasteiger partial charge in [0.25, 0.3) is 0 Å². The van der Waals surface area contributed by atoms with Crippen LogP contribution in [0, 0.1) is 6.92 Å². The number of hydrogen-bond acceptors (Lipinski definition) is 1. The van der Waals surface area contributed by atoms with Crippen LogP contribution in [0.2, 0.25) is 0 Å². The number of benzene rings is 1. The number of aromatic nitrogens is 2. The lowest BCUT2D eigenvalue weighted by Crippen LogP contribution is -1.79. The number of nitrogens with one attached hydrogen (secondary N) is 1. The van der Waals surface area contributed by atoms with Gasteiger partial charge in [-0.3, -0.25) is 0 Å². The van der Waals surface area contributed by atoms with Crippen molar-refractivity contribution in [2.24, 2.45) is 0 Å². The summed E-state index contributed by atoms with van der Waals surface area (Å²) in [4.78, 5) is 7.71. The second-order valence-corrected chi connectivity index (χ2v) is 4.95. The maximum atomic E-state index is 4.34. The molecule has 3 rings (SSSR count). The Morgan fingerprint density at radius 1 is 1.12 bits per heavy atom. The topological polar surface area (TPSA) is 28.7 Å². The van der Waals surface area contributed by atoms with Gasteiger partial charge in [-0.25, -0.2) is 4.98 Å². The van der Waals surface area contributed by atoms with Gasteiger partial charge in [0.05, 0.1) is 5.69 Å². The quantitative estimate of drug-likeness (QED) is 0.710.